The van der Waals surface area contributed by atoms with Crippen molar-refractivity contribution in [3.05, 3.63) is 22.8 Å². The third-order valence-corrected chi connectivity index (χ3v) is 4.17. The summed E-state index contributed by atoms with van der Waals surface area (Å²) < 4.78 is 43.2. The first-order valence-corrected chi connectivity index (χ1v) is 8.74. The zero-order valence-corrected chi connectivity index (χ0v) is 15.5. The molecule has 0 aliphatic carbocycles. The summed E-state index contributed by atoms with van der Waals surface area (Å²) in [6.07, 6.45) is -2.84. The van der Waals surface area contributed by atoms with Crippen LogP contribution in [-0.4, -0.2) is 56.9 Å². The average molecular weight is 394 g/mol. The van der Waals surface area contributed by atoms with Gasteiger partial charge >= 0.3 is 6.18 Å². The Bertz CT molecular complexity index is 626. The molecule has 0 amide bonds. The zero-order chi connectivity index (χ0) is 19.2. The molecule has 0 spiro atoms. The quantitative estimate of drug-likeness (QED) is 0.442. The van der Waals surface area contributed by atoms with E-state index in [0.29, 0.717) is 38.0 Å². The van der Waals surface area contributed by atoms with Crippen LogP contribution in [-0.2, 0) is 10.9 Å². The Kier molecular flexibility index (Phi) is 7.33. The van der Waals surface area contributed by atoms with E-state index in [1.807, 2.05) is 11.8 Å². The lowest BCUT2D eigenvalue weighted by molar-refractivity contribution is -0.137. The predicted molar refractivity (Wildman–Crippen MR) is 95.9 cm³/mol. The number of aliphatic imine (C=N–C) groups is 1. The number of nitrogens with zero attached hydrogens (tertiary/aromatic N) is 3. The molecule has 10 heteroatoms. The molecular formula is C16H23ClF3N5O. The fraction of sp³-hybridized carbons (Fsp3) is 0.625. The van der Waals surface area contributed by atoms with Crippen molar-refractivity contribution in [1.29, 1.82) is 0 Å². The molecular weight excluding hydrogens is 371 g/mol. The summed E-state index contributed by atoms with van der Waals surface area (Å²) in [7, 11) is 1.62. The molecule has 1 aromatic rings. The molecule has 1 aromatic heterocycles. The van der Waals surface area contributed by atoms with E-state index in [-0.39, 0.29) is 11.1 Å². The Morgan fingerprint density at radius 3 is 2.88 bits per heavy atom. The fourth-order valence-corrected chi connectivity index (χ4v) is 2.94. The summed E-state index contributed by atoms with van der Waals surface area (Å²) in [6, 6.07) is 1.01. The van der Waals surface area contributed by atoms with Gasteiger partial charge in [-0.3, -0.25) is 4.99 Å². The minimum atomic E-state index is -4.45. The van der Waals surface area contributed by atoms with Gasteiger partial charge < -0.3 is 20.3 Å². The second kappa shape index (κ2) is 9.27. The molecule has 2 heterocycles. The molecule has 2 rings (SSSR count). The van der Waals surface area contributed by atoms with Gasteiger partial charge in [0.1, 0.15) is 5.82 Å². The molecule has 26 heavy (non-hydrogen) atoms. The molecule has 1 atom stereocenters. The van der Waals surface area contributed by atoms with Crippen molar-refractivity contribution in [3.8, 4) is 0 Å². The number of anilines is 1. The molecule has 1 aliphatic rings. The van der Waals surface area contributed by atoms with Crippen molar-refractivity contribution in [3.63, 3.8) is 0 Å². The monoisotopic (exact) mass is 393 g/mol. The number of ether oxygens (including phenoxy) is 1. The minimum absolute atomic E-state index is 0.00106. The van der Waals surface area contributed by atoms with Crippen LogP contribution in [0.2, 0.25) is 5.02 Å². The highest BCUT2D eigenvalue weighted by atomic mass is 35.5. The lowest BCUT2D eigenvalue weighted by Gasteiger charge is -2.21. The van der Waals surface area contributed by atoms with Gasteiger partial charge in [0.15, 0.2) is 5.96 Å². The standard InChI is InChI=1S/C16H23ClF3N5O/c1-3-21-15(22-5-7-26-2)24-12-4-6-25(10-12)14-13(17)8-11(9-23-14)16(18,19)20/h8-9,12H,3-7,10H2,1-2H3,(H2,21,22,24). The summed E-state index contributed by atoms with van der Waals surface area (Å²) in [5.41, 5.74) is -0.847. The second-order valence-electron chi connectivity index (χ2n) is 5.86. The smallest absolute Gasteiger partial charge is 0.383 e. The molecule has 1 fully saturated rings. The number of rotatable bonds is 6. The van der Waals surface area contributed by atoms with E-state index < -0.39 is 11.7 Å². The average Bonchev–Trinajstić information content (AvgIpc) is 3.02. The SMILES string of the molecule is CCNC(=NCCOC)NC1CCN(c2ncc(C(F)(F)F)cc2Cl)C1. The van der Waals surface area contributed by atoms with Gasteiger partial charge in [0.05, 0.1) is 23.7 Å². The van der Waals surface area contributed by atoms with Crippen molar-refractivity contribution in [1.82, 2.24) is 15.6 Å². The highest BCUT2D eigenvalue weighted by Gasteiger charge is 2.33. The number of halogens is 4. The van der Waals surface area contributed by atoms with Gasteiger partial charge in [-0.2, -0.15) is 13.2 Å². The molecule has 6 nitrogen and oxygen atoms in total. The summed E-state index contributed by atoms with van der Waals surface area (Å²) in [6.45, 7) is 4.98. The Balaban J connectivity index is 2.00. The number of nitrogens with one attached hydrogen (secondary N) is 2. The van der Waals surface area contributed by atoms with E-state index in [9.17, 15) is 13.2 Å². The fourth-order valence-electron chi connectivity index (χ4n) is 2.65. The second-order valence-corrected chi connectivity index (χ2v) is 6.26. The lowest BCUT2D eigenvalue weighted by Crippen LogP contribution is -2.44. The van der Waals surface area contributed by atoms with Crippen molar-refractivity contribution < 1.29 is 17.9 Å². The van der Waals surface area contributed by atoms with Crippen LogP contribution in [0.1, 0.15) is 18.9 Å². The molecule has 0 bridgehead atoms. The highest BCUT2D eigenvalue weighted by Crippen LogP contribution is 2.34. The van der Waals surface area contributed by atoms with Gasteiger partial charge in [-0.15, -0.1) is 0 Å². The molecule has 146 valence electrons. The van der Waals surface area contributed by atoms with Gasteiger partial charge in [-0.1, -0.05) is 11.6 Å². The first-order valence-electron chi connectivity index (χ1n) is 8.36. The lowest BCUT2D eigenvalue weighted by atomic mass is 10.2. The van der Waals surface area contributed by atoms with Crippen molar-refractivity contribution >= 4 is 23.4 Å². The molecule has 2 N–H and O–H groups in total. The van der Waals surface area contributed by atoms with Gasteiger partial charge in [-0.25, -0.2) is 4.98 Å². The number of methoxy groups -OCH3 is 1. The predicted octanol–water partition coefficient (Wildman–Crippen LogP) is 2.53. The number of pyridine rings is 1. The molecule has 1 saturated heterocycles. The van der Waals surface area contributed by atoms with E-state index in [2.05, 4.69) is 20.6 Å². The number of aromatic nitrogens is 1. The number of hydrogen-bond acceptors (Lipinski definition) is 4. The van der Waals surface area contributed by atoms with Gasteiger partial charge in [0.2, 0.25) is 0 Å². The van der Waals surface area contributed by atoms with Gasteiger partial charge in [-0.05, 0) is 19.4 Å². The molecule has 1 aliphatic heterocycles. The summed E-state index contributed by atoms with van der Waals surface area (Å²) >= 11 is 6.03. The van der Waals surface area contributed by atoms with Crippen LogP contribution >= 0.6 is 11.6 Å². The van der Waals surface area contributed by atoms with Crippen LogP contribution in [0.25, 0.3) is 0 Å². The minimum Gasteiger partial charge on any atom is -0.383 e. The largest absolute Gasteiger partial charge is 0.417 e. The van der Waals surface area contributed by atoms with Crippen LogP contribution in [0.5, 0.6) is 0 Å². The van der Waals surface area contributed by atoms with Crippen LogP contribution in [0.4, 0.5) is 19.0 Å². The topological polar surface area (TPSA) is 61.8 Å². The van der Waals surface area contributed by atoms with Crippen LogP contribution in [0, 0.1) is 0 Å². The Morgan fingerprint density at radius 1 is 1.50 bits per heavy atom. The Hall–Kier alpha value is -1.74. The van der Waals surface area contributed by atoms with Crippen molar-refractivity contribution in [2.75, 3.05) is 44.8 Å². The van der Waals surface area contributed by atoms with E-state index in [1.54, 1.807) is 7.11 Å². The number of hydrogen-bond donors (Lipinski definition) is 2. The number of alkyl halides is 3. The maximum atomic E-state index is 12.7. The van der Waals surface area contributed by atoms with Crippen LogP contribution < -0.4 is 15.5 Å². The summed E-state index contributed by atoms with van der Waals surface area (Å²) in [5.74, 6) is 1.05. The number of guanidine groups is 1. The maximum absolute atomic E-state index is 12.7. The first-order chi connectivity index (χ1) is 12.3. The summed E-state index contributed by atoms with van der Waals surface area (Å²) in [4.78, 5) is 10.2. The Labute approximate surface area is 155 Å². The van der Waals surface area contributed by atoms with Crippen molar-refractivity contribution in [2.45, 2.75) is 25.6 Å². The Morgan fingerprint density at radius 2 is 2.27 bits per heavy atom. The van der Waals surface area contributed by atoms with Crippen molar-refractivity contribution in [2.24, 2.45) is 4.99 Å². The normalized spacial score (nSPS) is 18.3. The van der Waals surface area contributed by atoms with E-state index >= 15 is 0 Å². The zero-order valence-electron chi connectivity index (χ0n) is 14.7. The third kappa shape index (κ3) is 5.63. The molecule has 1 unspecified atom stereocenters. The molecule has 0 saturated carbocycles. The van der Waals surface area contributed by atoms with E-state index in [1.165, 1.54) is 0 Å². The first kappa shape index (κ1) is 20.6. The van der Waals surface area contributed by atoms with Crippen LogP contribution in [0.3, 0.4) is 0 Å². The molecule has 0 radical (unpaired) electrons. The van der Waals surface area contributed by atoms with E-state index in [4.69, 9.17) is 16.3 Å². The maximum Gasteiger partial charge on any atom is 0.417 e. The third-order valence-electron chi connectivity index (χ3n) is 3.89. The highest BCUT2D eigenvalue weighted by molar-refractivity contribution is 6.33. The van der Waals surface area contributed by atoms with E-state index in [0.717, 1.165) is 25.2 Å². The van der Waals surface area contributed by atoms with Gasteiger partial charge in [0, 0.05) is 39.0 Å². The van der Waals surface area contributed by atoms with Crippen LogP contribution in [0.15, 0.2) is 17.3 Å². The molecule has 0 aromatic carbocycles. The summed E-state index contributed by atoms with van der Waals surface area (Å²) in [5, 5.41) is 6.48. The van der Waals surface area contributed by atoms with Gasteiger partial charge in [0.25, 0.3) is 0 Å².